The maximum atomic E-state index is 13.0. The molecule has 0 aromatic heterocycles. The Hall–Kier alpha value is -4.57. The van der Waals surface area contributed by atoms with Crippen molar-refractivity contribution in [3.63, 3.8) is 0 Å². The van der Waals surface area contributed by atoms with Crippen molar-refractivity contribution >= 4 is 84.4 Å². The minimum Gasteiger partial charge on any atom is -0.507 e. The minimum atomic E-state index is -5.57. The van der Waals surface area contributed by atoms with Crippen molar-refractivity contribution in [3.05, 3.63) is 77.8 Å². The second-order valence-electron chi connectivity index (χ2n) is 10.8. The zero-order valence-corrected chi connectivity index (χ0v) is 28.4. The van der Waals surface area contributed by atoms with E-state index in [4.69, 9.17) is 11.6 Å². The molecule has 0 unspecified atom stereocenters. The number of phenols is 3. The number of benzene rings is 6. The van der Waals surface area contributed by atoms with E-state index in [2.05, 4.69) is 0 Å². The summed E-state index contributed by atoms with van der Waals surface area (Å²) in [7, 11) is -21.2. The van der Waals surface area contributed by atoms with Gasteiger partial charge in [0.1, 0.15) is 31.9 Å². The van der Waals surface area contributed by atoms with Crippen LogP contribution in [-0.2, 0) is 40.5 Å². The van der Waals surface area contributed by atoms with E-state index >= 15 is 0 Å². The summed E-state index contributed by atoms with van der Waals surface area (Å²) in [4.78, 5) is -4.31. The molecular weight excluding hydrogens is 764 g/mol. The molecule has 0 bridgehead atoms. The van der Waals surface area contributed by atoms with Crippen molar-refractivity contribution in [2.24, 2.45) is 0 Å². The van der Waals surface area contributed by atoms with Gasteiger partial charge in [-0.25, -0.2) is 0 Å². The van der Waals surface area contributed by atoms with Gasteiger partial charge in [-0.3, -0.25) is 18.2 Å². The summed E-state index contributed by atoms with van der Waals surface area (Å²) < 4.78 is 141. The van der Waals surface area contributed by atoms with Crippen LogP contribution in [0.5, 0.6) is 17.2 Å². The van der Waals surface area contributed by atoms with Gasteiger partial charge in [0.15, 0.2) is 0 Å². The van der Waals surface area contributed by atoms with Crippen LogP contribution < -0.4 is 0 Å². The normalized spacial score (nSPS) is 13.0. The lowest BCUT2D eigenvalue weighted by atomic mass is 9.93. The fraction of sp³-hybridized carbons (Fsp3) is 0. The molecular formula is C30H19ClO15S4. The fourth-order valence-corrected chi connectivity index (χ4v) is 9.01. The first-order valence-corrected chi connectivity index (χ1v) is 19.6. The fourth-order valence-electron chi connectivity index (χ4n) is 5.81. The van der Waals surface area contributed by atoms with Crippen LogP contribution in [0.4, 0.5) is 0 Å². The van der Waals surface area contributed by atoms with Crippen molar-refractivity contribution < 1.29 is 67.2 Å². The van der Waals surface area contributed by atoms with E-state index in [1.54, 1.807) is 0 Å². The zero-order valence-electron chi connectivity index (χ0n) is 24.3. The highest BCUT2D eigenvalue weighted by Crippen LogP contribution is 2.50. The first-order chi connectivity index (χ1) is 23.0. The molecule has 0 amide bonds. The summed E-state index contributed by atoms with van der Waals surface area (Å²) in [6.45, 7) is 0. The Balaban J connectivity index is 1.79. The third-order valence-electron chi connectivity index (χ3n) is 7.87. The highest BCUT2D eigenvalue weighted by Gasteiger charge is 2.33. The highest BCUT2D eigenvalue weighted by molar-refractivity contribution is 7.87. The molecule has 0 spiro atoms. The summed E-state index contributed by atoms with van der Waals surface area (Å²) >= 11 is 6.53. The summed E-state index contributed by atoms with van der Waals surface area (Å²) in [6.07, 6.45) is 0. The largest absolute Gasteiger partial charge is 0.507 e. The van der Waals surface area contributed by atoms with Crippen molar-refractivity contribution in [3.8, 4) is 39.5 Å². The number of hydrogen-bond acceptors (Lipinski definition) is 11. The number of aromatic hydroxyl groups is 3. The summed E-state index contributed by atoms with van der Waals surface area (Å²) in [5.74, 6) is -2.63. The van der Waals surface area contributed by atoms with Crippen molar-refractivity contribution in [2.45, 2.75) is 19.6 Å². The molecule has 260 valence electrons. The Labute approximate surface area is 287 Å². The minimum absolute atomic E-state index is 0.0257. The first-order valence-electron chi connectivity index (χ1n) is 13.4. The smallest absolute Gasteiger partial charge is 0.295 e. The third-order valence-corrected chi connectivity index (χ3v) is 11.8. The van der Waals surface area contributed by atoms with Gasteiger partial charge in [0.2, 0.25) is 0 Å². The number of hydrogen-bond donors (Lipinski definition) is 7. The van der Waals surface area contributed by atoms with Crippen molar-refractivity contribution in [2.75, 3.05) is 0 Å². The Morgan fingerprint density at radius 1 is 0.480 bits per heavy atom. The Kier molecular flexibility index (Phi) is 8.10. The monoisotopic (exact) mass is 782 g/mol. The molecule has 6 aromatic carbocycles. The van der Waals surface area contributed by atoms with Crippen LogP contribution in [0.25, 0.3) is 54.6 Å². The number of halogens is 1. The molecule has 7 N–H and O–H groups in total. The van der Waals surface area contributed by atoms with Crippen LogP contribution in [0.2, 0.25) is 5.02 Å². The lowest BCUT2D eigenvalue weighted by Gasteiger charge is -2.19. The SMILES string of the molecule is O=S(=O)(O)c1cc(O)c2ccc(-c3c(S(=O)(=O)O)cc4c(S(=O)(=O)O)c(-c5c(S(=O)(=O)O)cc6ccccc6c5O)ccc4c3O)c(Cl)c2c1. The molecule has 6 aromatic rings. The summed E-state index contributed by atoms with van der Waals surface area (Å²) in [6, 6.07) is 12.6. The van der Waals surface area contributed by atoms with E-state index in [9.17, 15) is 67.2 Å². The second kappa shape index (κ2) is 11.5. The molecule has 0 aliphatic carbocycles. The molecule has 0 radical (unpaired) electrons. The van der Waals surface area contributed by atoms with Crippen LogP contribution >= 0.6 is 11.6 Å². The highest BCUT2D eigenvalue weighted by atomic mass is 35.5. The van der Waals surface area contributed by atoms with Gasteiger partial charge in [0, 0.05) is 55.3 Å². The third kappa shape index (κ3) is 5.77. The van der Waals surface area contributed by atoms with E-state index in [0.717, 1.165) is 36.4 Å². The Morgan fingerprint density at radius 3 is 1.62 bits per heavy atom. The van der Waals surface area contributed by atoms with Gasteiger partial charge in [-0.1, -0.05) is 48.0 Å². The van der Waals surface area contributed by atoms with Crippen LogP contribution in [0.1, 0.15) is 0 Å². The molecule has 15 nitrogen and oxygen atoms in total. The lowest BCUT2D eigenvalue weighted by molar-refractivity contribution is 0.470. The molecule has 0 aliphatic rings. The second-order valence-corrected chi connectivity index (χ2v) is 16.8. The van der Waals surface area contributed by atoms with Crippen LogP contribution in [-0.4, -0.2) is 67.2 Å². The van der Waals surface area contributed by atoms with E-state index in [1.807, 2.05) is 0 Å². The maximum absolute atomic E-state index is 13.0. The predicted molar refractivity (Wildman–Crippen MR) is 179 cm³/mol. The van der Waals surface area contributed by atoms with Crippen LogP contribution in [0, 0.1) is 0 Å². The van der Waals surface area contributed by atoms with E-state index < -0.39 is 115 Å². The molecule has 20 heteroatoms. The van der Waals surface area contributed by atoms with Gasteiger partial charge < -0.3 is 15.3 Å². The number of phenolic OH excluding ortho intramolecular Hbond substituents is 3. The molecule has 50 heavy (non-hydrogen) atoms. The zero-order chi connectivity index (χ0) is 36.9. The van der Waals surface area contributed by atoms with Gasteiger partial charge in [0.05, 0.1) is 9.92 Å². The van der Waals surface area contributed by atoms with Crippen LogP contribution in [0.3, 0.4) is 0 Å². The number of fused-ring (bicyclic) bond motifs is 3. The summed E-state index contributed by atoms with van der Waals surface area (Å²) in [5, 5.41) is 31.0. The molecule has 6 rings (SSSR count). The maximum Gasteiger partial charge on any atom is 0.295 e. The van der Waals surface area contributed by atoms with Crippen molar-refractivity contribution in [1.29, 1.82) is 0 Å². The van der Waals surface area contributed by atoms with Gasteiger partial charge >= 0.3 is 0 Å². The van der Waals surface area contributed by atoms with Crippen LogP contribution in [0.15, 0.2) is 92.4 Å². The molecule has 0 heterocycles. The Bertz CT molecular complexity index is 2960. The standard InChI is InChI=1S/C30H19ClO15S4/c31-27-18(7-5-16-20(27)10-14(11-22(16)32)47(35,36)37)25-24(49(41,42)43)12-21-17(29(25)34)6-8-19(30(21)50(44,45)46)26-23(48(38,39)40)9-13-3-1-2-4-15(13)28(26)33/h1-12,32-34H,(H,35,36,37)(H,38,39,40)(H,41,42,43)(H,44,45,46). The molecule has 0 saturated carbocycles. The number of rotatable bonds is 6. The van der Waals surface area contributed by atoms with Gasteiger partial charge in [-0.2, -0.15) is 33.7 Å². The topological polar surface area (TPSA) is 278 Å². The van der Waals surface area contributed by atoms with Gasteiger partial charge in [0.25, 0.3) is 40.5 Å². The predicted octanol–water partition coefficient (Wildman–Crippen LogP) is 5.24. The summed E-state index contributed by atoms with van der Waals surface area (Å²) in [5.41, 5.74) is -2.80. The Morgan fingerprint density at radius 2 is 1.02 bits per heavy atom. The first kappa shape index (κ1) is 35.3. The quantitative estimate of drug-likeness (QED) is 0.106. The average molecular weight is 783 g/mol. The van der Waals surface area contributed by atoms with E-state index in [0.29, 0.717) is 12.1 Å². The molecule has 0 fully saturated rings. The van der Waals surface area contributed by atoms with E-state index in [1.165, 1.54) is 24.3 Å². The van der Waals surface area contributed by atoms with E-state index in [-0.39, 0.29) is 21.5 Å². The molecule has 0 aliphatic heterocycles. The molecule has 0 atom stereocenters. The van der Waals surface area contributed by atoms with Gasteiger partial charge in [-0.15, -0.1) is 0 Å². The lowest BCUT2D eigenvalue weighted by Crippen LogP contribution is -2.08. The average Bonchev–Trinajstić information content (AvgIpc) is 2.99. The van der Waals surface area contributed by atoms with Crippen molar-refractivity contribution in [1.82, 2.24) is 0 Å². The van der Waals surface area contributed by atoms with Gasteiger partial charge in [-0.05, 0) is 35.7 Å². The molecule has 0 saturated heterocycles.